The zero-order valence-corrected chi connectivity index (χ0v) is 10.00. The van der Waals surface area contributed by atoms with Gasteiger partial charge in [0, 0.05) is 17.5 Å². The third-order valence-electron chi connectivity index (χ3n) is 2.34. The van der Waals surface area contributed by atoms with Gasteiger partial charge in [-0.2, -0.15) is 0 Å². The highest BCUT2D eigenvalue weighted by atomic mass is 35.5. The maximum absolute atomic E-state index is 11.6. The van der Waals surface area contributed by atoms with Crippen LogP contribution in [0.1, 0.15) is 12.5 Å². The van der Waals surface area contributed by atoms with Crippen molar-refractivity contribution in [3.63, 3.8) is 0 Å². The smallest absolute Gasteiger partial charge is 0.223 e. The van der Waals surface area contributed by atoms with E-state index >= 15 is 0 Å². The first-order valence-electron chi connectivity index (χ1n) is 5.27. The van der Waals surface area contributed by atoms with Crippen molar-refractivity contribution in [3.05, 3.63) is 34.9 Å². The van der Waals surface area contributed by atoms with Crippen molar-refractivity contribution in [1.29, 1.82) is 0 Å². The van der Waals surface area contributed by atoms with Gasteiger partial charge in [-0.25, -0.2) is 0 Å². The molecule has 1 amide bonds. The molecule has 1 rings (SSSR count). The van der Waals surface area contributed by atoms with Crippen LogP contribution in [0.25, 0.3) is 0 Å². The number of aliphatic hydroxyl groups excluding tert-OH is 1. The Morgan fingerprint density at radius 3 is 2.81 bits per heavy atom. The quantitative estimate of drug-likeness (QED) is 0.823. The van der Waals surface area contributed by atoms with Crippen LogP contribution in [0.4, 0.5) is 0 Å². The van der Waals surface area contributed by atoms with Crippen LogP contribution in [0.3, 0.4) is 0 Å². The topological polar surface area (TPSA) is 49.3 Å². The van der Waals surface area contributed by atoms with Crippen molar-refractivity contribution >= 4 is 17.5 Å². The van der Waals surface area contributed by atoms with E-state index in [4.69, 9.17) is 16.7 Å². The maximum Gasteiger partial charge on any atom is 0.223 e. The molecule has 0 radical (unpaired) electrons. The summed E-state index contributed by atoms with van der Waals surface area (Å²) in [5, 5.41) is 11.9. The summed E-state index contributed by atoms with van der Waals surface area (Å²) in [7, 11) is 0. The predicted molar refractivity (Wildman–Crippen MR) is 64.4 cm³/mol. The molecule has 0 aliphatic carbocycles. The Hall–Kier alpha value is -1.06. The van der Waals surface area contributed by atoms with E-state index in [9.17, 15) is 4.79 Å². The molecule has 1 aromatic rings. The number of carbonyl (C=O) groups is 1. The van der Waals surface area contributed by atoms with E-state index in [0.717, 1.165) is 5.56 Å². The molecule has 0 aromatic heterocycles. The van der Waals surface area contributed by atoms with Gasteiger partial charge in [0.15, 0.2) is 0 Å². The predicted octanol–water partition coefficient (Wildman–Crippen LogP) is 1.63. The summed E-state index contributed by atoms with van der Waals surface area (Å²) in [5.41, 5.74) is 0.968. The molecule has 0 heterocycles. The van der Waals surface area contributed by atoms with E-state index in [1.807, 2.05) is 31.2 Å². The number of aliphatic hydroxyl groups is 1. The largest absolute Gasteiger partial charge is 0.395 e. The number of halogens is 1. The highest BCUT2D eigenvalue weighted by Gasteiger charge is 2.13. The summed E-state index contributed by atoms with van der Waals surface area (Å²) < 4.78 is 0. The molecule has 0 aliphatic heterocycles. The molecule has 0 fully saturated rings. The molecule has 1 atom stereocenters. The lowest BCUT2D eigenvalue weighted by Gasteiger charge is -2.12. The number of amides is 1. The normalized spacial score (nSPS) is 12.2. The molecule has 3 nitrogen and oxygen atoms in total. The molecule has 88 valence electrons. The van der Waals surface area contributed by atoms with E-state index in [2.05, 4.69) is 5.32 Å². The van der Waals surface area contributed by atoms with Gasteiger partial charge in [-0.15, -0.1) is 0 Å². The molecule has 0 saturated heterocycles. The summed E-state index contributed by atoms with van der Waals surface area (Å²) in [6, 6.07) is 7.50. The van der Waals surface area contributed by atoms with Gasteiger partial charge in [-0.1, -0.05) is 36.7 Å². The van der Waals surface area contributed by atoms with Crippen molar-refractivity contribution in [2.24, 2.45) is 5.92 Å². The minimum absolute atomic E-state index is 0.0371. The summed E-state index contributed by atoms with van der Waals surface area (Å²) in [6.45, 7) is 2.10. The lowest BCUT2D eigenvalue weighted by molar-refractivity contribution is -0.124. The summed E-state index contributed by atoms with van der Waals surface area (Å²) >= 11 is 6.01. The molecule has 1 unspecified atom stereocenters. The van der Waals surface area contributed by atoms with Gasteiger partial charge in [0.1, 0.15) is 0 Å². The fourth-order valence-electron chi connectivity index (χ4n) is 1.44. The summed E-state index contributed by atoms with van der Waals surface area (Å²) in [4.78, 5) is 11.6. The van der Waals surface area contributed by atoms with Crippen LogP contribution in [0.2, 0.25) is 5.02 Å². The van der Waals surface area contributed by atoms with Gasteiger partial charge in [-0.05, 0) is 18.1 Å². The van der Waals surface area contributed by atoms with Gasteiger partial charge in [0.05, 0.1) is 6.61 Å². The molecule has 2 N–H and O–H groups in total. The lowest BCUT2D eigenvalue weighted by atomic mass is 10.0. The number of rotatable bonds is 5. The first-order chi connectivity index (χ1) is 7.65. The van der Waals surface area contributed by atoms with Crippen LogP contribution < -0.4 is 5.32 Å². The van der Waals surface area contributed by atoms with Gasteiger partial charge in [0.25, 0.3) is 0 Å². The maximum atomic E-state index is 11.6. The SMILES string of the molecule is CC(Cc1ccccc1Cl)C(=O)NCCO. The van der Waals surface area contributed by atoms with Crippen molar-refractivity contribution < 1.29 is 9.90 Å². The third-order valence-corrected chi connectivity index (χ3v) is 2.71. The van der Waals surface area contributed by atoms with Crippen molar-refractivity contribution in [1.82, 2.24) is 5.32 Å². The molecule has 0 aliphatic rings. The lowest BCUT2D eigenvalue weighted by Crippen LogP contribution is -2.32. The Morgan fingerprint density at radius 1 is 1.50 bits per heavy atom. The number of nitrogens with one attached hydrogen (secondary N) is 1. The zero-order chi connectivity index (χ0) is 12.0. The fraction of sp³-hybridized carbons (Fsp3) is 0.417. The van der Waals surface area contributed by atoms with Crippen molar-refractivity contribution in [2.45, 2.75) is 13.3 Å². The first kappa shape index (κ1) is 13.0. The van der Waals surface area contributed by atoms with Crippen LogP contribution in [0.15, 0.2) is 24.3 Å². The van der Waals surface area contributed by atoms with Gasteiger partial charge in [0.2, 0.25) is 5.91 Å². The number of hydrogen-bond donors (Lipinski definition) is 2. The summed E-state index contributed by atoms with van der Waals surface area (Å²) in [6.07, 6.45) is 0.608. The van der Waals surface area contributed by atoms with E-state index in [1.54, 1.807) is 0 Å². The average Bonchev–Trinajstić information content (AvgIpc) is 2.28. The Morgan fingerprint density at radius 2 is 2.19 bits per heavy atom. The van der Waals surface area contributed by atoms with E-state index in [-0.39, 0.29) is 18.4 Å². The van der Waals surface area contributed by atoms with Gasteiger partial charge >= 0.3 is 0 Å². The van der Waals surface area contributed by atoms with Gasteiger partial charge < -0.3 is 10.4 Å². The molecular formula is C12H16ClNO2. The fourth-order valence-corrected chi connectivity index (χ4v) is 1.65. The third kappa shape index (κ3) is 3.83. The minimum atomic E-state index is -0.147. The van der Waals surface area contributed by atoms with Crippen molar-refractivity contribution in [2.75, 3.05) is 13.2 Å². The molecule has 1 aromatic carbocycles. The Bertz CT molecular complexity index is 355. The van der Waals surface area contributed by atoms with Crippen LogP contribution in [0.5, 0.6) is 0 Å². The highest BCUT2D eigenvalue weighted by Crippen LogP contribution is 2.18. The van der Waals surface area contributed by atoms with Gasteiger partial charge in [-0.3, -0.25) is 4.79 Å². The molecule has 0 bridgehead atoms. The Labute approximate surface area is 100 Å². The number of benzene rings is 1. The van der Waals surface area contributed by atoms with Crippen molar-refractivity contribution in [3.8, 4) is 0 Å². The zero-order valence-electron chi connectivity index (χ0n) is 9.24. The molecular weight excluding hydrogens is 226 g/mol. The van der Waals surface area contributed by atoms with E-state index in [0.29, 0.717) is 18.0 Å². The second-order valence-corrected chi connectivity index (χ2v) is 4.12. The second-order valence-electron chi connectivity index (χ2n) is 3.71. The van der Waals surface area contributed by atoms with Crippen LogP contribution in [-0.2, 0) is 11.2 Å². The average molecular weight is 242 g/mol. The monoisotopic (exact) mass is 241 g/mol. The molecule has 16 heavy (non-hydrogen) atoms. The van der Waals surface area contributed by atoms with Crippen LogP contribution in [-0.4, -0.2) is 24.2 Å². The summed E-state index contributed by atoms with van der Waals surface area (Å²) in [5.74, 6) is -0.208. The molecule has 0 saturated carbocycles. The number of hydrogen-bond acceptors (Lipinski definition) is 2. The van der Waals surface area contributed by atoms with Crippen LogP contribution >= 0.6 is 11.6 Å². The van der Waals surface area contributed by atoms with E-state index in [1.165, 1.54) is 0 Å². The first-order valence-corrected chi connectivity index (χ1v) is 5.65. The Balaban J connectivity index is 2.54. The van der Waals surface area contributed by atoms with E-state index < -0.39 is 0 Å². The van der Waals surface area contributed by atoms with Crippen LogP contribution in [0, 0.1) is 5.92 Å². The number of carbonyl (C=O) groups excluding carboxylic acids is 1. The second kappa shape index (κ2) is 6.51. The molecule has 4 heteroatoms. The minimum Gasteiger partial charge on any atom is -0.395 e. The molecule has 0 spiro atoms. The Kier molecular flexibility index (Phi) is 5.29. The standard InChI is InChI=1S/C12H16ClNO2/c1-9(12(16)14-6-7-15)8-10-4-2-3-5-11(10)13/h2-5,9,15H,6-8H2,1H3,(H,14,16). The highest BCUT2D eigenvalue weighted by molar-refractivity contribution is 6.31.